The van der Waals surface area contributed by atoms with Crippen molar-refractivity contribution < 1.29 is 4.79 Å². The molecular formula is C12H17BrN2O. The van der Waals surface area contributed by atoms with Crippen LogP contribution in [0.3, 0.4) is 0 Å². The lowest BCUT2D eigenvalue weighted by Gasteiger charge is -2.08. The van der Waals surface area contributed by atoms with Crippen molar-refractivity contribution in [3.63, 3.8) is 0 Å². The fraction of sp³-hybridized carbons (Fsp3) is 0.667. The van der Waals surface area contributed by atoms with Crippen LogP contribution in [0, 0.1) is 5.92 Å². The number of hydrogen-bond donors (Lipinski definition) is 0. The molecule has 0 amide bonds. The Balaban J connectivity index is 2.20. The highest BCUT2D eigenvalue weighted by atomic mass is 79.9. The van der Waals surface area contributed by atoms with E-state index < -0.39 is 0 Å². The minimum atomic E-state index is 0.219. The van der Waals surface area contributed by atoms with Gasteiger partial charge in [0.2, 0.25) is 0 Å². The molecule has 0 radical (unpaired) electrons. The minimum Gasteiger partial charge on any atom is -0.299 e. The van der Waals surface area contributed by atoms with Gasteiger partial charge < -0.3 is 0 Å². The van der Waals surface area contributed by atoms with Crippen LogP contribution >= 0.6 is 15.9 Å². The molecule has 88 valence electrons. The molecule has 2 rings (SSSR count). The molecule has 4 heteroatoms. The third-order valence-electron chi connectivity index (χ3n) is 3.37. The van der Waals surface area contributed by atoms with Gasteiger partial charge in [-0.3, -0.25) is 9.48 Å². The minimum absolute atomic E-state index is 0.219. The molecule has 0 spiro atoms. The molecule has 0 aliphatic heterocycles. The fourth-order valence-corrected chi connectivity index (χ4v) is 3.16. The number of carbonyl (C=O) groups excluding carboxylic acids is 1. The van der Waals surface area contributed by atoms with Crippen molar-refractivity contribution in [1.29, 1.82) is 0 Å². The monoisotopic (exact) mass is 284 g/mol. The summed E-state index contributed by atoms with van der Waals surface area (Å²) in [6.07, 6.45) is 4.62. The van der Waals surface area contributed by atoms with Gasteiger partial charge in [0.15, 0.2) is 0 Å². The summed E-state index contributed by atoms with van der Waals surface area (Å²) in [4.78, 5) is 11.6. The second-order valence-electron chi connectivity index (χ2n) is 4.44. The normalized spacial score (nSPS) is 20.7. The van der Waals surface area contributed by atoms with Crippen LogP contribution in [0.25, 0.3) is 0 Å². The summed E-state index contributed by atoms with van der Waals surface area (Å²) in [6, 6.07) is 0. The smallest absolute Gasteiger partial charge is 0.136 e. The molecule has 1 fully saturated rings. The molecule has 1 aromatic heterocycles. The second kappa shape index (κ2) is 4.70. The van der Waals surface area contributed by atoms with E-state index in [1.54, 1.807) is 0 Å². The first-order chi connectivity index (χ1) is 7.63. The van der Waals surface area contributed by atoms with Gasteiger partial charge in [-0.1, -0.05) is 6.92 Å². The number of aromatic nitrogens is 2. The topological polar surface area (TPSA) is 34.9 Å². The van der Waals surface area contributed by atoms with E-state index in [0.717, 1.165) is 48.0 Å². The van der Waals surface area contributed by atoms with Crippen LogP contribution in [0.2, 0.25) is 0 Å². The van der Waals surface area contributed by atoms with Crippen LogP contribution in [-0.4, -0.2) is 15.6 Å². The maximum absolute atomic E-state index is 11.6. The van der Waals surface area contributed by atoms with E-state index >= 15 is 0 Å². The molecule has 1 aliphatic carbocycles. The van der Waals surface area contributed by atoms with Gasteiger partial charge in [0, 0.05) is 25.8 Å². The standard InChI is InChI=1S/C12H17BrN2O/c1-3-9-12(13)10(15(2)14-9)7-8-5-4-6-11(8)16/h8H,3-7H2,1-2H3. The van der Waals surface area contributed by atoms with Crippen LogP contribution in [-0.2, 0) is 24.7 Å². The molecule has 1 saturated carbocycles. The predicted molar refractivity (Wildman–Crippen MR) is 66.3 cm³/mol. The Morgan fingerprint density at radius 1 is 1.56 bits per heavy atom. The number of nitrogens with zero attached hydrogens (tertiary/aromatic N) is 2. The molecule has 0 bridgehead atoms. The van der Waals surface area contributed by atoms with Crippen molar-refractivity contribution in [2.75, 3.05) is 0 Å². The molecule has 3 nitrogen and oxygen atoms in total. The highest BCUT2D eigenvalue weighted by molar-refractivity contribution is 9.10. The molecule has 1 heterocycles. The highest BCUT2D eigenvalue weighted by Gasteiger charge is 2.27. The summed E-state index contributed by atoms with van der Waals surface area (Å²) in [5.74, 6) is 0.641. The molecule has 16 heavy (non-hydrogen) atoms. The van der Waals surface area contributed by atoms with E-state index in [0.29, 0.717) is 5.78 Å². The van der Waals surface area contributed by atoms with Gasteiger partial charge in [0.05, 0.1) is 15.9 Å². The number of carbonyl (C=O) groups is 1. The fourth-order valence-electron chi connectivity index (χ4n) is 2.38. The Kier molecular flexibility index (Phi) is 3.47. The Morgan fingerprint density at radius 2 is 2.31 bits per heavy atom. The van der Waals surface area contributed by atoms with Crippen molar-refractivity contribution in [2.24, 2.45) is 13.0 Å². The molecule has 1 aliphatic rings. The number of Topliss-reactive ketones (excluding diaryl/α,β-unsaturated/α-hetero) is 1. The summed E-state index contributed by atoms with van der Waals surface area (Å²) < 4.78 is 3.01. The Labute approximate surface area is 104 Å². The molecular weight excluding hydrogens is 268 g/mol. The van der Waals surface area contributed by atoms with Crippen LogP contribution in [0.4, 0.5) is 0 Å². The van der Waals surface area contributed by atoms with Crippen LogP contribution < -0.4 is 0 Å². The molecule has 1 aromatic rings. The van der Waals surface area contributed by atoms with E-state index in [-0.39, 0.29) is 5.92 Å². The molecule has 1 atom stereocenters. The van der Waals surface area contributed by atoms with Crippen LogP contribution in [0.15, 0.2) is 4.47 Å². The van der Waals surface area contributed by atoms with Gasteiger partial charge in [0.1, 0.15) is 5.78 Å². The van der Waals surface area contributed by atoms with Crippen LogP contribution in [0.5, 0.6) is 0 Å². The Hall–Kier alpha value is -0.640. The van der Waals surface area contributed by atoms with Crippen molar-refractivity contribution >= 4 is 21.7 Å². The summed E-state index contributed by atoms with van der Waals surface area (Å²) in [7, 11) is 1.96. The first kappa shape index (κ1) is 11.8. The van der Waals surface area contributed by atoms with Gasteiger partial charge in [-0.25, -0.2) is 0 Å². The zero-order valence-electron chi connectivity index (χ0n) is 9.79. The van der Waals surface area contributed by atoms with E-state index in [1.807, 2.05) is 11.7 Å². The second-order valence-corrected chi connectivity index (χ2v) is 5.24. The third-order valence-corrected chi connectivity index (χ3v) is 4.29. The van der Waals surface area contributed by atoms with Gasteiger partial charge >= 0.3 is 0 Å². The van der Waals surface area contributed by atoms with Gasteiger partial charge in [0.25, 0.3) is 0 Å². The quantitative estimate of drug-likeness (QED) is 0.855. The number of aryl methyl sites for hydroxylation is 2. The zero-order valence-corrected chi connectivity index (χ0v) is 11.4. The summed E-state index contributed by atoms with van der Waals surface area (Å²) in [5, 5.41) is 4.45. The molecule has 1 unspecified atom stereocenters. The first-order valence-electron chi connectivity index (χ1n) is 5.86. The SMILES string of the molecule is CCc1nn(C)c(CC2CCCC2=O)c1Br. The third kappa shape index (κ3) is 2.08. The van der Waals surface area contributed by atoms with Crippen LogP contribution in [0.1, 0.15) is 37.6 Å². The zero-order chi connectivity index (χ0) is 11.7. The lowest BCUT2D eigenvalue weighted by atomic mass is 10.0. The van der Waals surface area contributed by atoms with E-state index in [1.165, 1.54) is 0 Å². The number of halogens is 1. The number of rotatable bonds is 3. The average Bonchev–Trinajstić information content (AvgIpc) is 2.77. The van der Waals surface area contributed by atoms with E-state index in [9.17, 15) is 4.79 Å². The summed E-state index contributed by atoms with van der Waals surface area (Å²) in [6.45, 7) is 2.09. The van der Waals surface area contributed by atoms with E-state index in [4.69, 9.17) is 0 Å². The van der Waals surface area contributed by atoms with Gasteiger partial charge in [-0.15, -0.1) is 0 Å². The number of hydrogen-bond acceptors (Lipinski definition) is 2. The van der Waals surface area contributed by atoms with Crippen molar-refractivity contribution in [1.82, 2.24) is 9.78 Å². The first-order valence-corrected chi connectivity index (χ1v) is 6.65. The largest absolute Gasteiger partial charge is 0.299 e. The molecule has 0 saturated heterocycles. The highest BCUT2D eigenvalue weighted by Crippen LogP contribution is 2.29. The van der Waals surface area contributed by atoms with Crippen molar-refractivity contribution in [3.8, 4) is 0 Å². The Bertz CT molecular complexity index is 411. The Morgan fingerprint density at radius 3 is 2.81 bits per heavy atom. The van der Waals surface area contributed by atoms with E-state index in [2.05, 4.69) is 28.0 Å². The number of ketones is 1. The maximum Gasteiger partial charge on any atom is 0.136 e. The molecule has 0 aromatic carbocycles. The summed E-state index contributed by atoms with van der Waals surface area (Å²) >= 11 is 3.59. The van der Waals surface area contributed by atoms with Crippen molar-refractivity contribution in [3.05, 3.63) is 15.9 Å². The average molecular weight is 285 g/mol. The lowest BCUT2D eigenvalue weighted by Crippen LogP contribution is -2.12. The predicted octanol–water partition coefficient (Wildman–Crippen LogP) is 2.66. The summed E-state index contributed by atoms with van der Waals surface area (Å²) in [5.41, 5.74) is 2.25. The lowest BCUT2D eigenvalue weighted by molar-refractivity contribution is -0.120. The van der Waals surface area contributed by atoms with Gasteiger partial charge in [-0.05, 0) is 35.2 Å². The maximum atomic E-state index is 11.6. The van der Waals surface area contributed by atoms with Crippen molar-refractivity contribution in [2.45, 2.75) is 39.0 Å². The molecule has 0 N–H and O–H groups in total. The van der Waals surface area contributed by atoms with Gasteiger partial charge in [-0.2, -0.15) is 5.10 Å².